The molecule has 0 saturated carbocycles. The van der Waals surface area contributed by atoms with E-state index in [-0.39, 0.29) is 24.4 Å². The van der Waals surface area contributed by atoms with Crippen LogP contribution >= 0.6 is 0 Å². The van der Waals surface area contributed by atoms with Crippen LogP contribution in [0.4, 0.5) is 0 Å². The van der Waals surface area contributed by atoms with Gasteiger partial charge in [0.25, 0.3) is 0 Å². The second kappa shape index (κ2) is 6.66. The van der Waals surface area contributed by atoms with Crippen molar-refractivity contribution in [1.29, 1.82) is 0 Å². The minimum absolute atomic E-state index is 0.0587. The summed E-state index contributed by atoms with van der Waals surface area (Å²) in [7, 11) is 0. The van der Waals surface area contributed by atoms with Gasteiger partial charge in [0.1, 0.15) is 0 Å². The molecular weight excluding hydrogens is 286 g/mol. The molecule has 0 radical (unpaired) electrons. The number of rotatable bonds is 6. The summed E-state index contributed by atoms with van der Waals surface area (Å²) in [5.41, 5.74) is 2.09. The minimum Gasteiger partial charge on any atom is -0.481 e. The van der Waals surface area contributed by atoms with E-state index in [1.165, 1.54) is 4.68 Å². The highest BCUT2D eigenvalue weighted by atomic mass is 16.4. The number of carboxylic acid groups (broad SMARTS) is 2. The molecule has 1 aromatic heterocycles. The fourth-order valence-electron chi connectivity index (χ4n) is 1.86. The van der Waals surface area contributed by atoms with E-state index in [0.29, 0.717) is 0 Å². The first-order chi connectivity index (χ1) is 10.5. The maximum atomic E-state index is 11.2. The monoisotopic (exact) mass is 301 g/mol. The average molecular weight is 301 g/mol. The van der Waals surface area contributed by atoms with Crippen molar-refractivity contribution in [2.45, 2.75) is 19.9 Å². The van der Waals surface area contributed by atoms with Crippen LogP contribution in [0.1, 0.15) is 33.7 Å². The topological polar surface area (TPSA) is 105 Å². The van der Waals surface area contributed by atoms with E-state index in [4.69, 9.17) is 10.2 Å². The summed E-state index contributed by atoms with van der Waals surface area (Å²) in [5, 5.41) is 25.1. The number of aryl methyl sites for hydroxylation is 2. The number of aromatic nitrogens is 3. The predicted octanol–water partition coefficient (Wildman–Crippen LogP) is 1.93. The molecule has 2 aromatic rings. The zero-order valence-electron chi connectivity index (χ0n) is 11.9. The van der Waals surface area contributed by atoms with E-state index in [9.17, 15) is 9.59 Å². The highest BCUT2D eigenvalue weighted by Gasteiger charge is 2.17. The van der Waals surface area contributed by atoms with Crippen molar-refractivity contribution in [3.63, 3.8) is 0 Å². The Morgan fingerprint density at radius 1 is 1.18 bits per heavy atom. The third-order valence-corrected chi connectivity index (χ3v) is 3.02. The minimum atomic E-state index is -1.20. The van der Waals surface area contributed by atoms with Crippen LogP contribution in [0.3, 0.4) is 0 Å². The van der Waals surface area contributed by atoms with Gasteiger partial charge in [0.2, 0.25) is 0 Å². The molecule has 1 heterocycles. The third-order valence-electron chi connectivity index (χ3n) is 3.02. The predicted molar refractivity (Wildman–Crippen MR) is 79.3 cm³/mol. The number of carbonyl (C=O) groups is 2. The number of aromatic carboxylic acids is 1. The van der Waals surface area contributed by atoms with E-state index in [1.807, 2.05) is 31.2 Å². The van der Waals surface area contributed by atoms with E-state index < -0.39 is 11.9 Å². The Hall–Kier alpha value is -2.96. The Morgan fingerprint density at radius 3 is 2.45 bits per heavy atom. The van der Waals surface area contributed by atoms with Gasteiger partial charge < -0.3 is 10.2 Å². The first kappa shape index (κ1) is 15.4. The molecule has 7 nitrogen and oxygen atoms in total. The molecule has 0 aliphatic rings. The lowest BCUT2D eigenvalue weighted by Crippen LogP contribution is -2.08. The Bertz CT molecular complexity index is 717. The number of nitrogens with zero attached hydrogens (tertiary/aromatic N) is 3. The third kappa shape index (κ3) is 3.78. The van der Waals surface area contributed by atoms with Crippen LogP contribution in [0.25, 0.3) is 12.2 Å². The molecule has 0 aliphatic heterocycles. The number of hydrogen-bond donors (Lipinski definition) is 2. The maximum Gasteiger partial charge on any atom is 0.358 e. The Balaban J connectivity index is 2.30. The smallest absolute Gasteiger partial charge is 0.358 e. The number of carboxylic acids is 2. The van der Waals surface area contributed by atoms with Crippen LogP contribution in [-0.2, 0) is 11.3 Å². The number of hydrogen-bond acceptors (Lipinski definition) is 4. The standard InChI is InChI=1S/C15H15N3O4/c1-10-2-4-11(5-3-10)6-7-12-14(15(21)22)16-17-18(12)9-8-13(19)20/h2-7H,8-9H2,1H3,(H,19,20)(H,21,22)/b7-6+. The Labute approximate surface area is 126 Å². The molecule has 0 unspecified atom stereocenters. The highest BCUT2D eigenvalue weighted by molar-refractivity contribution is 5.90. The van der Waals surface area contributed by atoms with Crippen LogP contribution in [0, 0.1) is 6.92 Å². The van der Waals surface area contributed by atoms with Gasteiger partial charge in [-0.15, -0.1) is 5.10 Å². The number of benzene rings is 1. The normalized spacial score (nSPS) is 11.0. The maximum absolute atomic E-state index is 11.2. The molecule has 114 valence electrons. The molecule has 0 bridgehead atoms. The second-order valence-electron chi connectivity index (χ2n) is 4.74. The van der Waals surface area contributed by atoms with Crippen LogP contribution < -0.4 is 0 Å². The zero-order chi connectivity index (χ0) is 16.1. The van der Waals surface area contributed by atoms with Gasteiger partial charge in [0.15, 0.2) is 5.69 Å². The van der Waals surface area contributed by atoms with Gasteiger partial charge >= 0.3 is 11.9 Å². The van der Waals surface area contributed by atoms with Gasteiger partial charge in [-0.2, -0.15) is 0 Å². The summed E-state index contributed by atoms with van der Waals surface area (Å²) in [6.07, 6.45) is 3.16. The summed E-state index contributed by atoms with van der Waals surface area (Å²) in [6.45, 7) is 2.03. The molecule has 22 heavy (non-hydrogen) atoms. The molecule has 0 aliphatic carbocycles. The average Bonchev–Trinajstić information content (AvgIpc) is 2.87. The number of aliphatic carboxylic acids is 1. The lowest BCUT2D eigenvalue weighted by atomic mass is 10.1. The Morgan fingerprint density at radius 2 is 1.86 bits per heavy atom. The van der Waals surface area contributed by atoms with Crippen molar-refractivity contribution >= 4 is 24.1 Å². The second-order valence-corrected chi connectivity index (χ2v) is 4.74. The lowest BCUT2D eigenvalue weighted by Gasteiger charge is -2.01. The summed E-state index contributed by atoms with van der Waals surface area (Å²) in [6, 6.07) is 7.69. The molecule has 2 N–H and O–H groups in total. The van der Waals surface area contributed by atoms with Gasteiger partial charge in [-0.25, -0.2) is 9.48 Å². The SMILES string of the molecule is Cc1ccc(/C=C/c2c(C(=O)O)nnn2CCC(=O)O)cc1. The fraction of sp³-hybridized carbons (Fsp3) is 0.200. The van der Waals surface area contributed by atoms with Crippen molar-refractivity contribution in [3.8, 4) is 0 Å². The van der Waals surface area contributed by atoms with Crippen molar-refractivity contribution < 1.29 is 19.8 Å². The van der Waals surface area contributed by atoms with Gasteiger partial charge in [0.05, 0.1) is 18.7 Å². The molecule has 0 amide bonds. The molecule has 2 rings (SSSR count). The van der Waals surface area contributed by atoms with Crippen molar-refractivity contribution in [1.82, 2.24) is 15.0 Å². The Kier molecular flexibility index (Phi) is 4.67. The molecule has 0 spiro atoms. The lowest BCUT2D eigenvalue weighted by molar-refractivity contribution is -0.137. The summed E-state index contributed by atoms with van der Waals surface area (Å²) in [5.74, 6) is -2.19. The molecule has 0 saturated heterocycles. The molecular formula is C15H15N3O4. The highest BCUT2D eigenvalue weighted by Crippen LogP contribution is 2.13. The molecule has 0 atom stereocenters. The van der Waals surface area contributed by atoms with Crippen LogP contribution in [0.15, 0.2) is 24.3 Å². The van der Waals surface area contributed by atoms with Gasteiger partial charge in [-0.3, -0.25) is 4.79 Å². The summed E-state index contributed by atoms with van der Waals surface area (Å²) < 4.78 is 1.28. The first-order valence-corrected chi connectivity index (χ1v) is 6.60. The van der Waals surface area contributed by atoms with Gasteiger partial charge in [-0.05, 0) is 18.6 Å². The quantitative estimate of drug-likeness (QED) is 0.844. The van der Waals surface area contributed by atoms with Crippen molar-refractivity contribution in [2.75, 3.05) is 0 Å². The van der Waals surface area contributed by atoms with Crippen LogP contribution in [0.2, 0.25) is 0 Å². The fourth-order valence-corrected chi connectivity index (χ4v) is 1.86. The van der Waals surface area contributed by atoms with Crippen molar-refractivity contribution in [3.05, 3.63) is 46.8 Å². The van der Waals surface area contributed by atoms with E-state index in [0.717, 1.165) is 11.1 Å². The first-order valence-electron chi connectivity index (χ1n) is 6.60. The molecule has 0 fully saturated rings. The van der Waals surface area contributed by atoms with Gasteiger partial charge in [0, 0.05) is 0 Å². The van der Waals surface area contributed by atoms with Crippen molar-refractivity contribution in [2.24, 2.45) is 0 Å². The van der Waals surface area contributed by atoms with Crippen LogP contribution in [0.5, 0.6) is 0 Å². The molecule has 1 aromatic carbocycles. The van der Waals surface area contributed by atoms with E-state index >= 15 is 0 Å². The van der Waals surface area contributed by atoms with E-state index in [2.05, 4.69) is 10.3 Å². The van der Waals surface area contributed by atoms with Crippen LogP contribution in [-0.4, -0.2) is 37.1 Å². The van der Waals surface area contributed by atoms with Gasteiger partial charge in [-0.1, -0.05) is 41.1 Å². The zero-order valence-corrected chi connectivity index (χ0v) is 11.9. The molecule has 7 heteroatoms. The summed E-state index contributed by atoms with van der Waals surface area (Å²) >= 11 is 0. The largest absolute Gasteiger partial charge is 0.481 e. The van der Waals surface area contributed by atoms with E-state index in [1.54, 1.807) is 12.2 Å². The summed E-state index contributed by atoms with van der Waals surface area (Å²) in [4.78, 5) is 21.8.